The van der Waals surface area contributed by atoms with Crippen molar-refractivity contribution < 1.29 is 14.7 Å². The Morgan fingerprint density at radius 1 is 1.33 bits per heavy atom. The molecule has 1 aromatic rings. The highest BCUT2D eigenvalue weighted by atomic mass is 35.5. The number of nitrogens with zero attached hydrogens (tertiary/aromatic N) is 1. The van der Waals surface area contributed by atoms with Gasteiger partial charge in [-0.25, -0.2) is 0 Å². The zero-order valence-corrected chi connectivity index (χ0v) is 13.0. The number of piperazine rings is 1. The number of allylic oxidation sites excluding steroid dienone is 1. The van der Waals surface area contributed by atoms with Crippen molar-refractivity contribution in [3.63, 3.8) is 0 Å². The lowest BCUT2D eigenvalue weighted by molar-refractivity contribution is -0.140. The van der Waals surface area contributed by atoms with Gasteiger partial charge in [-0.3, -0.25) is 9.59 Å². The monoisotopic (exact) mass is 328 g/mol. The number of phenols is 1. The maximum Gasteiger partial charge on any atom is 0.270 e. The first kappa shape index (κ1) is 15.7. The van der Waals surface area contributed by atoms with Crippen molar-refractivity contribution in [1.82, 2.24) is 10.2 Å². The Bertz CT molecular complexity index is 620. The number of hydrogen-bond donors (Lipinski definition) is 2. The van der Waals surface area contributed by atoms with Crippen LogP contribution in [0.4, 0.5) is 0 Å². The molecule has 1 saturated heterocycles. The summed E-state index contributed by atoms with van der Waals surface area (Å²) in [4.78, 5) is 25.5. The fourth-order valence-electron chi connectivity index (χ4n) is 2.16. The average molecular weight is 329 g/mol. The molecule has 21 heavy (non-hydrogen) atoms. The van der Waals surface area contributed by atoms with Crippen LogP contribution in [0.25, 0.3) is 0 Å². The van der Waals surface area contributed by atoms with Gasteiger partial charge in [-0.1, -0.05) is 29.3 Å². The van der Waals surface area contributed by atoms with Gasteiger partial charge in [0.15, 0.2) is 5.75 Å². The summed E-state index contributed by atoms with van der Waals surface area (Å²) in [7, 11) is 1.57. The van der Waals surface area contributed by atoms with Crippen LogP contribution in [0.5, 0.6) is 5.75 Å². The summed E-state index contributed by atoms with van der Waals surface area (Å²) in [5, 5.41) is 12.3. The van der Waals surface area contributed by atoms with Gasteiger partial charge < -0.3 is 15.3 Å². The fraction of sp³-hybridized carbons (Fsp3) is 0.286. The van der Waals surface area contributed by atoms with Crippen LogP contribution in [0.15, 0.2) is 23.9 Å². The summed E-state index contributed by atoms with van der Waals surface area (Å²) >= 11 is 11.7. The number of nitrogens with one attached hydrogen (secondary N) is 1. The molecule has 0 bridgehead atoms. The topological polar surface area (TPSA) is 69.6 Å². The number of benzene rings is 1. The molecule has 1 aliphatic rings. The van der Waals surface area contributed by atoms with Crippen molar-refractivity contribution in [3.8, 4) is 5.75 Å². The largest absolute Gasteiger partial charge is 0.505 e. The van der Waals surface area contributed by atoms with E-state index in [9.17, 15) is 14.7 Å². The molecule has 0 radical (unpaired) electrons. The van der Waals surface area contributed by atoms with Crippen LogP contribution >= 0.6 is 23.2 Å². The third-order valence-electron chi connectivity index (χ3n) is 3.37. The van der Waals surface area contributed by atoms with E-state index in [1.807, 2.05) is 0 Å². The molecule has 7 heteroatoms. The van der Waals surface area contributed by atoms with Crippen molar-refractivity contribution in [2.45, 2.75) is 19.4 Å². The second-order valence-electron chi connectivity index (χ2n) is 4.74. The molecule has 5 nitrogen and oxygen atoms in total. The van der Waals surface area contributed by atoms with Crippen molar-refractivity contribution in [3.05, 3.63) is 39.5 Å². The average Bonchev–Trinajstić information content (AvgIpc) is 2.44. The smallest absolute Gasteiger partial charge is 0.270 e. The molecule has 1 aliphatic heterocycles. The van der Waals surface area contributed by atoms with E-state index < -0.39 is 6.04 Å². The van der Waals surface area contributed by atoms with Crippen LogP contribution in [0.3, 0.4) is 0 Å². The quantitative estimate of drug-likeness (QED) is 0.817. The van der Waals surface area contributed by atoms with Crippen LogP contribution < -0.4 is 5.32 Å². The maximum atomic E-state index is 12.1. The van der Waals surface area contributed by atoms with Gasteiger partial charge in [-0.05, 0) is 24.6 Å². The number of carbonyl (C=O) groups excluding carboxylic acids is 2. The lowest BCUT2D eigenvalue weighted by Crippen LogP contribution is -2.56. The molecule has 1 fully saturated rings. The lowest BCUT2D eigenvalue weighted by Gasteiger charge is -2.33. The van der Waals surface area contributed by atoms with E-state index in [-0.39, 0.29) is 39.7 Å². The molecule has 1 unspecified atom stereocenters. The number of aromatic hydroxyl groups is 1. The van der Waals surface area contributed by atoms with Crippen LogP contribution in [0.1, 0.15) is 12.5 Å². The number of halogens is 2. The summed E-state index contributed by atoms with van der Waals surface area (Å²) in [6.07, 6.45) is 1.81. The lowest BCUT2D eigenvalue weighted by atomic mass is 10.0. The van der Waals surface area contributed by atoms with Gasteiger partial charge in [-0.2, -0.15) is 0 Å². The van der Waals surface area contributed by atoms with Crippen LogP contribution in [-0.2, 0) is 16.0 Å². The summed E-state index contributed by atoms with van der Waals surface area (Å²) < 4.78 is 0. The molecule has 1 atom stereocenters. The van der Waals surface area contributed by atoms with Gasteiger partial charge >= 0.3 is 0 Å². The first-order valence-electron chi connectivity index (χ1n) is 6.26. The molecule has 2 N–H and O–H groups in total. The van der Waals surface area contributed by atoms with Gasteiger partial charge in [0.1, 0.15) is 11.7 Å². The molecule has 0 saturated carbocycles. The summed E-state index contributed by atoms with van der Waals surface area (Å²) in [6.45, 7) is 1.68. The Kier molecular flexibility index (Phi) is 4.44. The van der Waals surface area contributed by atoms with E-state index in [2.05, 4.69) is 5.32 Å². The van der Waals surface area contributed by atoms with E-state index in [1.165, 1.54) is 17.0 Å². The van der Waals surface area contributed by atoms with E-state index >= 15 is 0 Å². The SMILES string of the molecule is C/C=C1\NC(=O)C(Cc2cc(Cl)c(O)c(Cl)c2)N(C)C1=O. The Hall–Kier alpha value is -1.72. The molecule has 0 spiro atoms. The molecule has 112 valence electrons. The number of amides is 2. The van der Waals surface area contributed by atoms with E-state index in [0.717, 1.165) is 0 Å². The summed E-state index contributed by atoms with van der Waals surface area (Å²) in [5.74, 6) is -0.723. The van der Waals surface area contributed by atoms with Gasteiger partial charge in [-0.15, -0.1) is 0 Å². The van der Waals surface area contributed by atoms with Crippen molar-refractivity contribution in [2.24, 2.45) is 0 Å². The minimum atomic E-state index is -0.655. The highest BCUT2D eigenvalue weighted by Gasteiger charge is 2.34. The first-order chi connectivity index (χ1) is 9.85. The molecule has 0 aromatic heterocycles. The molecule has 2 amide bonds. The normalized spacial score (nSPS) is 20.9. The van der Waals surface area contributed by atoms with E-state index in [4.69, 9.17) is 23.2 Å². The maximum absolute atomic E-state index is 12.1. The van der Waals surface area contributed by atoms with Crippen molar-refractivity contribution in [1.29, 1.82) is 0 Å². The minimum absolute atomic E-state index is 0.108. The van der Waals surface area contributed by atoms with Crippen molar-refractivity contribution >= 4 is 35.0 Å². The molecule has 1 heterocycles. The Labute approximate surface area is 132 Å². The van der Waals surface area contributed by atoms with E-state index in [1.54, 1.807) is 20.0 Å². The first-order valence-corrected chi connectivity index (χ1v) is 7.02. The number of phenolic OH excluding ortho intramolecular Hbond substituents is 1. The fourth-order valence-corrected chi connectivity index (χ4v) is 2.69. The second kappa shape index (κ2) is 5.95. The highest BCUT2D eigenvalue weighted by molar-refractivity contribution is 6.37. The summed E-state index contributed by atoms with van der Waals surface area (Å²) in [5.41, 5.74) is 0.923. The minimum Gasteiger partial charge on any atom is -0.505 e. The Balaban J connectivity index is 2.27. The van der Waals surface area contributed by atoms with Gasteiger partial charge in [0, 0.05) is 13.5 Å². The number of rotatable bonds is 2. The van der Waals surface area contributed by atoms with Crippen LogP contribution in [0.2, 0.25) is 10.0 Å². The Morgan fingerprint density at radius 2 is 1.90 bits per heavy atom. The third kappa shape index (κ3) is 2.99. The van der Waals surface area contributed by atoms with Gasteiger partial charge in [0.2, 0.25) is 5.91 Å². The molecule has 1 aromatic carbocycles. The van der Waals surface area contributed by atoms with Crippen LogP contribution in [-0.4, -0.2) is 34.9 Å². The van der Waals surface area contributed by atoms with Gasteiger partial charge in [0.05, 0.1) is 10.0 Å². The molecule has 2 rings (SSSR count). The molecular weight excluding hydrogens is 315 g/mol. The number of likely N-dealkylation sites (N-methyl/N-ethyl adjacent to an activating group) is 1. The van der Waals surface area contributed by atoms with Crippen molar-refractivity contribution in [2.75, 3.05) is 7.05 Å². The highest BCUT2D eigenvalue weighted by Crippen LogP contribution is 2.33. The zero-order valence-electron chi connectivity index (χ0n) is 11.5. The van der Waals surface area contributed by atoms with Gasteiger partial charge in [0.25, 0.3) is 5.91 Å². The van der Waals surface area contributed by atoms with Crippen LogP contribution in [0, 0.1) is 0 Å². The third-order valence-corrected chi connectivity index (χ3v) is 3.95. The molecule has 0 aliphatic carbocycles. The predicted molar refractivity (Wildman–Crippen MR) is 80.3 cm³/mol. The predicted octanol–water partition coefficient (Wildman–Crippen LogP) is 2.10. The standard InChI is InChI=1S/C14H14Cl2N2O3/c1-3-10-14(21)18(2)11(13(20)17-10)6-7-4-8(15)12(19)9(16)5-7/h3-5,11,19H,6H2,1-2H3,(H,17,20)/b10-3-. The number of hydrogen-bond acceptors (Lipinski definition) is 3. The second-order valence-corrected chi connectivity index (χ2v) is 5.55. The van der Waals surface area contributed by atoms with E-state index in [0.29, 0.717) is 5.56 Å². The molecular formula is C14H14Cl2N2O3. The summed E-state index contributed by atoms with van der Waals surface area (Å²) in [6, 6.07) is 2.40. The Morgan fingerprint density at radius 3 is 2.43 bits per heavy atom. The number of carbonyl (C=O) groups is 2. The zero-order chi connectivity index (χ0) is 15.7.